The number of carbonyl (C=O) groups excluding carboxylic acids is 1. The maximum atomic E-state index is 11.9. The zero-order chi connectivity index (χ0) is 22.5. The number of hydrogen-bond acceptors (Lipinski definition) is 6. The first-order valence-electron chi connectivity index (χ1n) is 10.7. The third-order valence-corrected chi connectivity index (χ3v) is 5.73. The van der Waals surface area contributed by atoms with Gasteiger partial charge in [0.1, 0.15) is 5.75 Å². The number of amides is 1. The van der Waals surface area contributed by atoms with Crippen molar-refractivity contribution >= 4 is 23.0 Å². The van der Waals surface area contributed by atoms with Gasteiger partial charge in [-0.25, -0.2) is 4.98 Å². The van der Waals surface area contributed by atoms with E-state index in [1.54, 1.807) is 13.3 Å². The van der Waals surface area contributed by atoms with Crippen LogP contribution in [0.25, 0.3) is 0 Å². The van der Waals surface area contributed by atoms with Gasteiger partial charge < -0.3 is 25.6 Å². The van der Waals surface area contributed by atoms with E-state index in [1.165, 1.54) is 5.69 Å². The number of ether oxygens (including phenoxy) is 1. The summed E-state index contributed by atoms with van der Waals surface area (Å²) in [6.45, 7) is 4.16. The number of pyridine rings is 1. The minimum absolute atomic E-state index is 0.225. The molecule has 0 spiro atoms. The Balaban J connectivity index is 1.52. The second kappa shape index (κ2) is 9.70. The number of nitrogens with zero attached hydrogens (tertiary/aromatic N) is 3. The number of anilines is 3. The predicted octanol–water partition coefficient (Wildman–Crippen LogP) is 3.28. The number of nitrogens with one attached hydrogen (secondary N) is 1. The molecule has 3 N–H and O–H groups in total. The van der Waals surface area contributed by atoms with Crippen molar-refractivity contribution in [2.75, 3.05) is 50.6 Å². The van der Waals surface area contributed by atoms with E-state index in [9.17, 15) is 4.79 Å². The molecule has 1 amide bonds. The van der Waals surface area contributed by atoms with Crippen LogP contribution in [0.15, 0.2) is 60.8 Å². The van der Waals surface area contributed by atoms with Crippen LogP contribution < -0.4 is 20.7 Å². The van der Waals surface area contributed by atoms with Crippen LogP contribution in [0.2, 0.25) is 0 Å². The fourth-order valence-electron chi connectivity index (χ4n) is 3.89. The van der Waals surface area contributed by atoms with Crippen molar-refractivity contribution in [1.29, 1.82) is 0 Å². The average Bonchev–Trinajstić information content (AvgIpc) is 2.80. The Labute approximate surface area is 188 Å². The summed E-state index contributed by atoms with van der Waals surface area (Å²) in [5, 5.41) is 3.33. The highest BCUT2D eigenvalue weighted by molar-refractivity contribution is 5.97. The fraction of sp³-hybridized carbons (Fsp3) is 0.280. The number of primary amides is 1. The van der Waals surface area contributed by atoms with Crippen LogP contribution in [0.1, 0.15) is 21.6 Å². The van der Waals surface area contributed by atoms with Crippen molar-refractivity contribution in [2.45, 2.75) is 6.42 Å². The Morgan fingerprint density at radius 3 is 2.50 bits per heavy atom. The molecule has 2 heterocycles. The SMILES string of the molecule is COc1cccc(Cc2cnc(C(N)=O)c(Nc3ccc(N4CCN(C)CC4)cc3)c2)c1. The van der Waals surface area contributed by atoms with Crippen molar-refractivity contribution in [3.8, 4) is 5.75 Å². The summed E-state index contributed by atoms with van der Waals surface area (Å²) in [6.07, 6.45) is 2.36. The Morgan fingerprint density at radius 2 is 1.81 bits per heavy atom. The molecule has 0 aliphatic carbocycles. The van der Waals surface area contributed by atoms with Gasteiger partial charge in [-0.05, 0) is 67.1 Å². The minimum atomic E-state index is -0.561. The summed E-state index contributed by atoms with van der Waals surface area (Å²) in [7, 11) is 3.80. The Bertz CT molecular complexity index is 1080. The van der Waals surface area contributed by atoms with Crippen LogP contribution in [0.4, 0.5) is 17.1 Å². The maximum absolute atomic E-state index is 11.9. The van der Waals surface area contributed by atoms with Gasteiger partial charge in [-0.15, -0.1) is 0 Å². The molecule has 0 saturated carbocycles. The van der Waals surface area contributed by atoms with E-state index in [0.717, 1.165) is 48.7 Å². The Hall–Kier alpha value is -3.58. The van der Waals surface area contributed by atoms with Crippen molar-refractivity contribution in [3.05, 3.63) is 77.6 Å². The highest BCUT2D eigenvalue weighted by Gasteiger charge is 2.15. The highest BCUT2D eigenvalue weighted by Crippen LogP contribution is 2.25. The molecule has 0 bridgehead atoms. The summed E-state index contributed by atoms with van der Waals surface area (Å²) < 4.78 is 5.31. The van der Waals surface area contributed by atoms with Crippen molar-refractivity contribution in [2.24, 2.45) is 5.73 Å². The monoisotopic (exact) mass is 431 g/mol. The van der Waals surface area contributed by atoms with E-state index in [4.69, 9.17) is 10.5 Å². The third-order valence-electron chi connectivity index (χ3n) is 5.73. The molecular weight excluding hydrogens is 402 g/mol. The molecule has 0 unspecified atom stereocenters. The molecule has 0 radical (unpaired) electrons. The lowest BCUT2D eigenvalue weighted by Gasteiger charge is -2.34. The number of methoxy groups -OCH3 is 1. The van der Waals surface area contributed by atoms with Gasteiger partial charge in [0, 0.05) is 43.8 Å². The van der Waals surface area contributed by atoms with Gasteiger partial charge in [-0.1, -0.05) is 12.1 Å². The first kappa shape index (κ1) is 21.6. The van der Waals surface area contributed by atoms with Crippen LogP contribution >= 0.6 is 0 Å². The Kier molecular flexibility index (Phi) is 6.56. The number of carbonyl (C=O) groups is 1. The number of nitrogens with two attached hydrogens (primary N) is 1. The largest absolute Gasteiger partial charge is 0.497 e. The van der Waals surface area contributed by atoms with Crippen LogP contribution in [-0.2, 0) is 6.42 Å². The number of rotatable bonds is 7. The van der Waals surface area contributed by atoms with E-state index in [0.29, 0.717) is 12.1 Å². The molecule has 1 aliphatic heterocycles. The maximum Gasteiger partial charge on any atom is 0.269 e. The van der Waals surface area contributed by atoms with Crippen molar-refractivity contribution < 1.29 is 9.53 Å². The smallest absolute Gasteiger partial charge is 0.269 e. The number of likely N-dealkylation sites (N-methyl/N-ethyl adjacent to an activating group) is 1. The van der Waals surface area contributed by atoms with Crippen LogP contribution in [-0.4, -0.2) is 56.1 Å². The second-order valence-electron chi connectivity index (χ2n) is 8.09. The summed E-state index contributed by atoms with van der Waals surface area (Å²) in [4.78, 5) is 21.0. The zero-order valence-corrected chi connectivity index (χ0v) is 18.5. The molecule has 7 heteroatoms. The van der Waals surface area contributed by atoms with Crippen molar-refractivity contribution in [3.63, 3.8) is 0 Å². The second-order valence-corrected chi connectivity index (χ2v) is 8.09. The van der Waals surface area contributed by atoms with E-state index >= 15 is 0 Å². The summed E-state index contributed by atoms with van der Waals surface area (Å²) in [6, 6.07) is 18.1. The van der Waals surface area contributed by atoms with Crippen molar-refractivity contribution in [1.82, 2.24) is 9.88 Å². The van der Waals surface area contributed by atoms with Gasteiger partial charge in [0.05, 0.1) is 12.8 Å². The molecule has 0 atom stereocenters. The molecule has 1 saturated heterocycles. The molecular formula is C25H29N5O2. The fourth-order valence-corrected chi connectivity index (χ4v) is 3.89. The van der Waals surface area contributed by atoms with Gasteiger partial charge in [0.25, 0.3) is 5.91 Å². The van der Waals surface area contributed by atoms with Crippen LogP contribution in [0.5, 0.6) is 5.75 Å². The topological polar surface area (TPSA) is 83.7 Å². The standard InChI is InChI=1S/C25H29N5O2/c1-29-10-12-30(13-11-29)21-8-6-20(7-9-21)28-23-16-19(17-27-24(23)25(26)31)14-18-4-3-5-22(15-18)32-2/h3-9,15-17,28H,10-14H2,1-2H3,(H2,26,31). The lowest BCUT2D eigenvalue weighted by molar-refractivity contribution is 0.0996. The lowest BCUT2D eigenvalue weighted by Crippen LogP contribution is -2.44. The third kappa shape index (κ3) is 5.18. The number of piperazine rings is 1. The normalized spacial score (nSPS) is 14.2. The molecule has 166 valence electrons. The van der Waals surface area contributed by atoms with E-state index in [1.807, 2.05) is 42.5 Å². The van der Waals surface area contributed by atoms with Crippen LogP contribution in [0.3, 0.4) is 0 Å². The average molecular weight is 432 g/mol. The molecule has 1 aliphatic rings. The van der Waals surface area contributed by atoms with Gasteiger partial charge in [-0.3, -0.25) is 4.79 Å². The van der Waals surface area contributed by atoms with Crippen LogP contribution in [0, 0.1) is 0 Å². The van der Waals surface area contributed by atoms with Gasteiger partial charge in [0.2, 0.25) is 0 Å². The minimum Gasteiger partial charge on any atom is -0.497 e. The molecule has 3 aromatic rings. The Morgan fingerprint density at radius 1 is 1.06 bits per heavy atom. The summed E-state index contributed by atoms with van der Waals surface area (Å²) in [5.74, 6) is 0.248. The quantitative estimate of drug-likeness (QED) is 0.597. The molecule has 2 aromatic carbocycles. The zero-order valence-electron chi connectivity index (χ0n) is 18.5. The molecule has 7 nitrogen and oxygen atoms in total. The van der Waals surface area contributed by atoms with E-state index in [2.05, 4.69) is 39.3 Å². The molecule has 1 fully saturated rings. The van der Waals surface area contributed by atoms with Gasteiger partial charge >= 0.3 is 0 Å². The molecule has 4 rings (SSSR count). The van der Waals surface area contributed by atoms with E-state index < -0.39 is 5.91 Å². The molecule has 1 aromatic heterocycles. The van der Waals surface area contributed by atoms with E-state index in [-0.39, 0.29) is 5.69 Å². The lowest BCUT2D eigenvalue weighted by atomic mass is 10.0. The van der Waals surface area contributed by atoms with Gasteiger partial charge in [-0.2, -0.15) is 0 Å². The summed E-state index contributed by atoms with van der Waals surface area (Å²) in [5.41, 5.74) is 10.5. The number of hydrogen-bond donors (Lipinski definition) is 2. The predicted molar refractivity (Wildman–Crippen MR) is 128 cm³/mol. The summed E-state index contributed by atoms with van der Waals surface area (Å²) >= 11 is 0. The first-order chi connectivity index (χ1) is 15.5. The highest BCUT2D eigenvalue weighted by atomic mass is 16.5. The van der Waals surface area contributed by atoms with Gasteiger partial charge in [0.15, 0.2) is 5.69 Å². The number of aromatic nitrogens is 1. The first-order valence-corrected chi connectivity index (χ1v) is 10.7. The number of benzene rings is 2. The molecule has 32 heavy (non-hydrogen) atoms.